The zero-order valence-electron chi connectivity index (χ0n) is 18.8. The van der Waals surface area contributed by atoms with Gasteiger partial charge in [0, 0.05) is 19.4 Å². The molecule has 0 unspecified atom stereocenters. The molecule has 1 saturated heterocycles. The van der Waals surface area contributed by atoms with Gasteiger partial charge >= 0.3 is 0 Å². The van der Waals surface area contributed by atoms with Crippen molar-refractivity contribution in [3.63, 3.8) is 0 Å². The van der Waals surface area contributed by atoms with Gasteiger partial charge in [-0.25, -0.2) is 0 Å². The van der Waals surface area contributed by atoms with Gasteiger partial charge in [-0.05, 0) is 43.0 Å². The third-order valence-electron chi connectivity index (χ3n) is 5.03. The van der Waals surface area contributed by atoms with E-state index in [1.165, 1.54) is 23.1 Å². The Morgan fingerprint density at radius 3 is 2.70 bits per heavy atom. The molecule has 3 rings (SSSR count). The van der Waals surface area contributed by atoms with E-state index in [2.05, 4.69) is 22.4 Å². The molecular formula is C23H28N4O3S3. The summed E-state index contributed by atoms with van der Waals surface area (Å²) in [4.78, 5) is 27.1. The van der Waals surface area contributed by atoms with E-state index in [0.29, 0.717) is 27.3 Å². The summed E-state index contributed by atoms with van der Waals surface area (Å²) in [5.74, 6) is 0.656. The lowest BCUT2D eigenvalue weighted by Gasteiger charge is -2.14. The van der Waals surface area contributed by atoms with Gasteiger partial charge < -0.3 is 10.1 Å². The third-order valence-corrected chi connectivity index (χ3v) is 7.31. The Morgan fingerprint density at radius 1 is 1.18 bits per heavy atom. The maximum atomic E-state index is 12.7. The smallest absolute Gasteiger partial charge is 0.266 e. The number of unbranched alkanes of at least 4 members (excludes halogenated alkanes) is 3. The Balaban J connectivity index is 1.38. The van der Waals surface area contributed by atoms with Gasteiger partial charge in [-0.3, -0.25) is 14.5 Å². The number of anilines is 1. The van der Waals surface area contributed by atoms with Crippen LogP contribution in [-0.2, 0) is 16.0 Å². The molecule has 7 nitrogen and oxygen atoms in total. The van der Waals surface area contributed by atoms with Crippen LogP contribution in [0.4, 0.5) is 5.13 Å². The number of methoxy groups -OCH3 is 1. The number of carbonyl (C=O) groups excluding carboxylic acids is 2. The van der Waals surface area contributed by atoms with Gasteiger partial charge in [0.05, 0.1) is 12.0 Å². The van der Waals surface area contributed by atoms with E-state index < -0.39 is 0 Å². The van der Waals surface area contributed by atoms with Crippen molar-refractivity contribution in [2.24, 2.45) is 0 Å². The molecule has 1 aromatic carbocycles. The highest BCUT2D eigenvalue weighted by Gasteiger charge is 2.31. The van der Waals surface area contributed by atoms with Gasteiger partial charge in [0.1, 0.15) is 15.1 Å². The van der Waals surface area contributed by atoms with Crippen molar-refractivity contribution in [1.29, 1.82) is 0 Å². The Bertz CT molecular complexity index is 1000. The van der Waals surface area contributed by atoms with E-state index in [0.717, 1.165) is 54.8 Å². The lowest BCUT2D eigenvalue weighted by Crippen LogP contribution is -2.29. The summed E-state index contributed by atoms with van der Waals surface area (Å²) in [6.45, 7) is 2.69. The summed E-state index contributed by atoms with van der Waals surface area (Å²) < 4.78 is 5.74. The van der Waals surface area contributed by atoms with Gasteiger partial charge in [-0.2, -0.15) is 0 Å². The molecular weight excluding hydrogens is 476 g/mol. The molecule has 0 bridgehead atoms. The fourth-order valence-electron chi connectivity index (χ4n) is 3.19. The molecule has 0 saturated carbocycles. The van der Waals surface area contributed by atoms with E-state index in [9.17, 15) is 9.59 Å². The van der Waals surface area contributed by atoms with Crippen molar-refractivity contribution in [3.05, 3.63) is 39.7 Å². The summed E-state index contributed by atoms with van der Waals surface area (Å²) in [5, 5.41) is 12.5. The number of thiocarbonyl (C=S) groups is 1. The van der Waals surface area contributed by atoms with E-state index >= 15 is 0 Å². The number of aryl methyl sites for hydroxylation is 1. The SMILES string of the molecule is CCCCc1nnc(NC(=O)CCCCCN2C(=O)C(=Cc3ccc(OC)cc3)SC2=S)s1. The topological polar surface area (TPSA) is 84.4 Å². The quantitative estimate of drug-likeness (QED) is 0.239. The number of amides is 2. The maximum Gasteiger partial charge on any atom is 0.266 e. The average molecular weight is 505 g/mol. The number of hydrogen-bond donors (Lipinski definition) is 1. The Morgan fingerprint density at radius 2 is 1.97 bits per heavy atom. The summed E-state index contributed by atoms with van der Waals surface area (Å²) in [6.07, 6.45) is 7.70. The molecule has 0 aliphatic carbocycles. The molecule has 0 radical (unpaired) electrons. The van der Waals surface area contributed by atoms with E-state index in [4.69, 9.17) is 17.0 Å². The second-order valence-corrected chi connectivity index (χ2v) is 10.3. The monoisotopic (exact) mass is 504 g/mol. The van der Waals surface area contributed by atoms with Crippen molar-refractivity contribution in [1.82, 2.24) is 15.1 Å². The van der Waals surface area contributed by atoms with Crippen LogP contribution in [0.3, 0.4) is 0 Å². The van der Waals surface area contributed by atoms with Crippen molar-refractivity contribution in [2.75, 3.05) is 19.0 Å². The van der Waals surface area contributed by atoms with Crippen LogP contribution in [0.1, 0.15) is 56.0 Å². The third kappa shape index (κ3) is 7.62. The van der Waals surface area contributed by atoms with Crippen LogP contribution in [0.5, 0.6) is 5.75 Å². The molecule has 0 atom stereocenters. The largest absolute Gasteiger partial charge is 0.497 e. The molecule has 1 aliphatic heterocycles. The summed E-state index contributed by atoms with van der Waals surface area (Å²) in [6, 6.07) is 7.53. The van der Waals surface area contributed by atoms with Crippen LogP contribution in [0.15, 0.2) is 29.2 Å². The van der Waals surface area contributed by atoms with Gasteiger partial charge in [0.15, 0.2) is 0 Å². The Labute approximate surface area is 208 Å². The van der Waals surface area contributed by atoms with Crippen LogP contribution in [0.2, 0.25) is 0 Å². The van der Waals surface area contributed by atoms with Crippen molar-refractivity contribution in [3.8, 4) is 5.75 Å². The maximum absolute atomic E-state index is 12.7. The predicted octanol–water partition coefficient (Wildman–Crippen LogP) is 5.29. The second kappa shape index (κ2) is 12.8. The molecule has 1 N–H and O–H groups in total. The number of carbonyl (C=O) groups is 2. The average Bonchev–Trinajstić information content (AvgIpc) is 3.36. The van der Waals surface area contributed by atoms with Crippen molar-refractivity contribution in [2.45, 2.75) is 51.9 Å². The van der Waals surface area contributed by atoms with E-state index in [1.807, 2.05) is 30.3 Å². The Kier molecular flexibility index (Phi) is 9.83. The fourth-order valence-corrected chi connectivity index (χ4v) is 5.30. The van der Waals surface area contributed by atoms with Gasteiger partial charge in [-0.1, -0.05) is 67.2 Å². The van der Waals surface area contributed by atoms with Crippen LogP contribution < -0.4 is 10.1 Å². The molecule has 1 aromatic heterocycles. The molecule has 1 aliphatic rings. The number of nitrogens with zero attached hydrogens (tertiary/aromatic N) is 3. The highest BCUT2D eigenvalue weighted by atomic mass is 32.2. The number of rotatable bonds is 12. The number of thioether (sulfide) groups is 1. The van der Waals surface area contributed by atoms with E-state index in [1.54, 1.807) is 12.0 Å². The van der Waals surface area contributed by atoms with Crippen LogP contribution >= 0.6 is 35.3 Å². The van der Waals surface area contributed by atoms with E-state index in [-0.39, 0.29) is 11.8 Å². The van der Waals surface area contributed by atoms with Crippen molar-refractivity contribution >= 4 is 62.7 Å². The number of nitrogens with one attached hydrogen (secondary N) is 1. The normalized spacial score (nSPS) is 14.8. The first kappa shape index (κ1) is 25.3. The number of aromatic nitrogens is 2. The minimum absolute atomic E-state index is 0.0544. The minimum Gasteiger partial charge on any atom is -0.497 e. The predicted molar refractivity (Wildman–Crippen MR) is 138 cm³/mol. The van der Waals surface area contributed by atoms with Gasteiger partial charge in [0.25, 0.3) is 5.91 Å². The molecule has 10 heteroatoms. The first-order chi connectivity index (χ1) is 16.0. The summed E-state index contributed by atoms with van der Waals surface area (Å²) in [5.41, 5.74) is 0.926. The highest BCUT2D eigenvalue weighted by Crippen LogP contribution is 2.33. The van der Waals surface area contributed by atoms with Crippen LogP contribution in [0, 0.1) is 0 Å². The minimum atomic E-state index is -0.0614. The zero-order chi connectivity index (χ0) is 23.6. The lowest BCUT2D eigenvalue weighted by atomic mass is 10.1. The molecule has 1 fully saturated rings. The first-order valence-electron chi connectivity index (χ1n) is 11.0. The van der Waals surface area contributed by atoms with Crippen LogP contribution in [-0.4, -0.2) is 44.9 Å². The molecule has 33 heavy (non-hydrogen) atoms. The molecule has 0 spiro atoms. The Hall–Kier alpha value is -2.30. The molecule has 176 valence electrons. The molecule has 2 aromatic rings. The van der Waals surface area contributed by atoms with Crippen LogP contribution in [0.25, 0.3) is 6.08 Å². The van der Waals surface area contributed by atoms with Gasteiger partial charge in [0.2, 0.25) is 11.0 Å². The lowest BCUT2D eigenvalue weighted by molar-refractivity contribution is -0.122. The van der Waals surface area contributed by atoms with Gasteiger partial charge in [-0.15, -0.1) is 10.2 Å². The number of ether oxygens (including phenoxy) is 1. The fraction of sp³-hybridized carbons (Fsp3) is 0.435. The zero-order valence-corrected chi connectivity index (χ0v) is 21.3. The first-order valence-corrected chi connectivity index (χ1v) is 13.1. The highest BCUT2D eigenvalue weighted by molar-refractivity contribution is 8.26. The molecule has 2 heterocycles. The van der Waals surface area contributed by atoms with Crippen molar-refractivity contribution < 1.29 is 14.3 Å². The number of benzene rings is 1. The summed E-state index contributed by atoms with van der Waals surface area (Å²) in [7, 11) is 1.62. The standard InChI is InChI=1S/C23H28N4O3S3/c1-3-4-9-20-25-26-22(33-20)24-19(28)8-6-5-7-14-27-21(29)18(32-23(27)31)15-16-10-12-17(30-2)13-11-16/h10-13,15H,3-9,14H2,1-2H3,(H,24,26,28). The second-order valence-electron chi connectivity index (χ2n) is 7.57. The molecule has 2 amide bonds. The number of hydrogen-bond acceptors (Lipinski definition) is 8. The summed E-state index contributed by atoms with van der Waals surface area (Å²) >= 11 is 8.17.